The van der Waals surface area contributed by atoms with Gasteiger partial charge in [-0.05, 0) is 19.9 Å². The molecule has 1 amide bonds. The maximum atomic E-state index is 11.5. The Labute approximate surface area is 94.0 Å². The fourth-order valence-corrected chi connectivity index (χ4v) is 1.43. The Hall–Kier alpha value is -1.43. The molecule has 1 aromatic heterocycles. The van der Waals surface area contributed by atoms with Crippen molar-refractivity contribution in [2.24, 2.45) is 0 Å². The smallest absolute Gasteiger partial charge is 0.234 e. The minimum atomic E-state index is 0.0567. The van der Waals surface area contributed by atoms with Gasteiger partial charge in [0.1, 0.15) is 0 Å². The van der Waals surface area contributed by atoms with E-state index in [1.165, 1.54) is 0 Å². The highest BCUT2D eigenvalue weighted by Crippen LogP contribution is 2.18. The predicted molar refractivity (Wildman–Crippen MR) is 56.5 cm³/mol. The van der Waals surface area contributed by atoms with Gasteiger partial charge in [-0.3, -0.25) is 9.69 Å². The highest BCUT2D eigenvalue weighted by Gasteiger charge is 2.23. The first-order valence-electron chi connectivity index (χ1n) is 5.40. The van der Waals surface area contributed by atoms with Gasteiger partial charge in [-0.2, -0.15) is 0 Å². The van der Waals surface area contributed by atoms with Crippen molar-refractivity contribution in [1.82, 2.24) is 20.4 Å². The minimum Gasteiger partial charge on any atom is -0.424 e. The summed E-state index contributed by atoms with van der Waals surface area (Å²) in [5.41, 5.74) is 0. The molecule has 1 N–H and O–H groups in total. The lowest BCUT2D eigenvalue weighted by Gasteiger charge is -2.13. The van der Waals surface area contributed by atoms with Gasteiger partial charge in [0.05, 0.1) is 13.1 Å². The maximum Gasteiger partial charge on any atom is 0.234 e. The van der Waals surface area contributed by atoms with Crippen LogP contribution < -0.4 is 5.32 Å². The van der Waals surface area contributed by atoms with Crippen molar-refractivity contribution in [3.63, 3.8) is 0 Å². The van der Waals surface area contributed by atoms with Crippen molar-refractivity contribution in [2.75, 3.05) is 13.6 Å². The summed E-state index contributed by atoms with van der Waals surface area (Å²) in [7, 11) is 1.85. The Morgan fingerprint density at radius 3 is 2.88 bits per heavy atom. The highest BCUT2D eigenvalue weighted by atomic mass is 16.4. The molecule has 1 aliphatic carbocycles. The Morgan fingerprint density at radius 1 is 1.56 bits per heavy atom. The first-order chi connectivity index (χ1) is 7.63. The van der Waals surface area contributed by atoms with Crippen LogP contribution in [-0.4, -0.2) is 40.6 Å². The lowest BCUT2D eigenvalue weighted by atomic mass is 10.4. The largest absolute Gasteiger partial charge is 0.424 e. The van der Waals surface area contributed by atoms with Gasteiger partial charge in [0.2, 0.25) is 17.7 Å². The van der Waals surface area contributed by atoms with Crippen molar-refractivity contribution in [3.8, 4) is 0 Å². The fraction of sp³-hybridized carbons (Fsp3) is 0.700. The van der Waals surface area contributed by atoms with E-state index in [0.717, 1.165) is 12.8 Å². The van der Waals surface area contributed by atoms with Crippen LogP contribution in [0.5, 0.6) is 0 Å². The molecule has 0 atom stereocenters. The van der Waals surface area contributed by atoms with Gasteiger partial charge < -0.3 is 9.73 Å². The number of likely N-dealkylation sites (N-methyl/N-ethyl adjacent to an activating group) is 1. The number of aromatic nitrogens is 2. The number of hydrogen-bond donors (Lipinski definition) is 1. The molecular formula is C10H16N4O2. The van der Waals surface area contributed by atoms with E-state index < -0.39 is 0 Å². The zero-order valence-electron chi connectivity index (χ0n) is 9.56. The number of nitrogens with one attached hydrogen (secondary N) is 1. The Morgan fingerprint density at radius 2 is 2.31 bits per heavy atom. The monoisotopic (exact) mass is 224 g/mol. The molecule has 1 aromatic rings. The van der Waals surface area contributed by atoms with E-state index >= 15 is 0 Å². The second kappa shape index (κ2) is 4.61. The van der Waals surface area contributed by atoms with E-state index in [4.69, 9.17) is 4.42 Å². The van der Waals surface area contributed by atoms with Gasteiger partial charge in [-0.1, -0.05) is 0 Å². The van der Waals surface area contributed by atoms with Crippen LogP contribution >= 0.6 is 0 Å². The minimum absolute atomic E-state index is 0.0567. The van der Waals surface area contributed by atoms with Crippen LogP contribution in [0.2, 0.25) is 0 Å². The van der Waals surface area contributed by atoms with E-state index in [-0.39, 0.29) is 5.91 Å². The first-order valence-corrected chi connectivity index (χ1v) is 5.40. The van der Waals surface area contributed by atoms with Crippen molar-refractivity contribution in [3.05, 3.63) is 11.8 Å². The van der Waals surface area contributed by atoms with Gasteiger partial charge >= 0.3 is 0 Å². The van der Waals surface area contributed by atoms with E-state index in [1.54, 1.807) is 6.92 Å². The van der Waals surface area contributed by atoms with Gasteiger partial charge in [-0.25, -0.2) is 0 Å². The molecule has 0 saturated heterocycles. The molecule has 16 heavy (non-hydrogen) atoms. The van der Waals surface area contributed by atoms with Crippen molar-refractivity contribution in [2.45, 2.75) is 32.4 Å². The summed E-state index contributed by atoms with van der Waals surface area (Å²) in [6.45, 7) is 2.60. The Kier molecular flexibility index (Phi) is 3.19. The molecule has 0 unspecified atom stereocenters. The molecule has 1 aliphatic rings. The molecule has 1 saturated carbocycles. The molecule has 0 spiro atoms. The third kappa shape index (κ3) is 3.30. The number of nitrogens with zero attached hydrogens (tertiary/aromatic N) is 3. The Balaban J connectivity index is 1.74. The number of hydrogen-bond acceptors (Lipinski definition) is 5. The van der Waals surface area contributed by atoms with Crippen LogP contribution in [0.15, 0.2) is 4.42 Å². The van der Waals surface area contributed by atoms with E-state index in [0.29, 0.717) is 30.9 Å². The quantitative estimate of drug-likeness (QED) is 0.767. The molecule has 1 fully saturated rings. The van der Waals surface area contributed by atoms with E-state index in [9.17, 15) is 4.79 Å². The second-order valence-corrected chi connectivity index (χ2v) is 4.23. The molecule has 2 rings (SSSR count). The van der Waals surface area contributed by atoms with E-state index in [1.807, 2.05) is 11.9 Å². The summed E-state index contributed by atoms with van der Waals surface area (Å²) in [6.07, 6.45) is 2.22. The topological polar surface area (TPSA) is 71.3 Å². The zero-order valence-corrected chi connectivity index (χ0v) is 9.56. The number of rotatable bonds is 5. The molecule has 6 heteroatoms. The normalized spacial score (nSPS) is 15.4. The fourth-order valence-electron chi connectivity index (χ4n) is 1.43. The molecule has 0 aromatic carbocycles. The van der Waals surface area contributed by atoms with Gasteiger partial charge in [0, 0.05) is 13.0 Å². The zero-order chi connectivity index (χ0) is 11.5. The molecule has 6 nitrogen and oxygen atoms in total. The summed E-state index contributed by atoms with van der Waals surface area (Å²) in [4.78, 5) is 13.3. The molecular weight excluding hydrogens is 208 g/mol. The number of aryl methyl sites for hydroxylation is 1. The molecule has 0 bridgehead atoms. The van der Waals surface area contributed by atoms with Gasteiger partial charge in [0.15, 0.2) is 0 Å². The molecule has 0 radical (unpaired) electrons. The SMILES string of the molecule is Cc1nnc(CN(C)CC(=O)NC2CC2)o1. The number of carbonyl (C=O) groups is 1. The summed E-state index contributed by atoms with van der Waals surface area (Å²) in [5.74, 6) is 1.14. The maximum absolute atomic E-state index is 11.5. The van der Waals surface area contributed by atoms with Crippen LogP contribution in [0.25, 0.3) is 0 Å². The number of amides is 1. The lowest BCUT2D eigenvalue weighted by molar-refractivity contribution is -0.122. The standard InChI is InChI=1S/C10H16N4O2/c1-7-12-13-10(16-7)6-14(2)5-9(15)11-8-3-4-8/h8H,3-6H2,1-2H3,(H,11,15). The Bertz CT molecular complexity index is 373. The average molecular weight is 224 g/mol. The van der Waals surface area contributed by atoms with Crippen LogP contribution in [0.3, 0.4) is 0 Å². The van der Waals surface area contributed by atoms with Crippen LogP contribution in [0, 0.1) is 6.92 Å². The molecule has 1 heterocycles. The highest BCUT2D eigenvalue weighted by molar-refractivity contribution is 5.78. The second-order valence-electron chi connectivity index (χ2n) is 4.23. The summed E-state index contributed by atoms with van der Waals surface area (Å²) >= 11 is 0. The summed E-state index contributed by atoms with van der Waals surface area (Å²) < 4.78 is 5.23. The van der Waals surface area contributed by atoms with Crippen molar-refractivity contribution < 1.29 is 9.21 Å². The van der Waals surface area contributed by atoms with Crippen LogP contribution in [-0.2, 0) is 11.3 Å². The third-order valence-electron chi connectivity index (χ3n) is 2.33. The van der Waals surface area contributed by atoms with Crippen molar-refractivity contribution in [1.29, 1.82) is 0 Å². The predicted octanol–water partition coefficient (Wildman–Crippen LogP) is 0.0884. The third-order valence-corrected chi connectivity index (χ3v) is 2.33. The van der Waals surface area contributed by atoms with Crippen LogP contribution in [0.4, 0.5) is 0 Å². The van der Waals surface area contributed by atoms with Crippen LogP contribution in [0.1, 0.15) is 24.6 Å². The molecule has 88 valence electrons. The molecule has 0 aliphatic heterocycles. The van der Waals surface area contributed by atoms with E-state index in [2.05, 4.69) is 15.5 Å². The lowest BCUT2D eigenvalue weighted by Crippen LogP contribution is -2.36. The number of carbonyl (C=O) groups excluding carboxylic acids is 1. The summed E-state index contributed by atoms with van der Waals surface area (Å²) in [6, 6.07) is 0.409. The summed E-state index contributed by atoms with van der Waals surface area (Å²) in [5, 5.41) is 10.5. The van der Waals surface area contributed by atoms with Gasteiger partial charge in [0.25, 0.3) is 0 Å². The average Bonchev–Trinajstić information content (AvgIpc) is 2.89. The first kappa shape index (κ1) is 11.1. The van der Waals surface area contributed by atoms with Gasteiger partial charge in [-0.15, -0.1) is 10.2 Å². The van der Waals surface area contributed by atoms with Crippen molar-refractivity contribution >= 4 is 5.91 Å².